The van der Waals surface area contributed by atoms with Crippen molar-refractivity contribution in [3.8, 4) is 0 Å². The van der Waals surface area contributed by atoms with Crippen LogP contribution in [-0.4, -0.2) is 22.5 Å². The summed E-state index contributed by atoms with van der Waals surface area (Å²) in [6.45, 7) is 2.13. The Kier molecular flexibility index (Phi) is 3.19. The second-order valence-electron chi connectivity index (χ2n) is 2.41. The maximum absolute atomic E-state index is 11.0. The Hall–Kier alpha value is -1.65. The summed E-state index contributed by atoms with van der Waals surface area (Å²) in [4.78, 5) is 18.7. The highest BCUT2D eigenvalue weighted by Crippen LogP contribution is 1.98. The fourth-order valence-electron chi connectivity index (χ4n) is 0.816. The molecule has 0 atom stereocenters. The molecular weight excluding hydrogens is 170 g/mol. The highest BCUT2D eigenvalue weighted by Gasteiger charge is 2.04. The first-order valence-electron chi connectivity index (χ1n) is 3.94. The monoisotopic (exact) mass is 181 g/mol. The first kappa shape index (κ1) is 9.44. The number of carbonyl (C=O) groups is 1. The zero-order chi connectivity index (χ0) is 9.68. The Morgan fingerprint density at radius 3 is 2.85 bits per heavy atom. The molecule has 0 saturated heterocycles. The van der Waals surface area contributed by atoms with Crippen LogP contribution in [0.5, 0.6) is 0 Å². The molecule has 70 valence electrons. The fourth-order valence-corrected chi connectivity index (χ4v) is 0.816. The average molecular weight is 181 g/mol. The third kappa shape index (κ3) is 3.06. The molecule has 0 aliphatic carbocycles. The molecule has 0 aromatic carbocycles. The van der Waals surface area contributed by atoms with Gasteiger partial charge in [-0.2, -0.15) is 0 Å². The number of hydrogen-bond donors (Lipinski definition) is 1. The van der Waals surface area contributed by atoms with E-state index in [1.165, 1.54) is 12.4 Å². The molecule has 5 nitrogen and oxygen atoms in total. The zero-order valence-corrected chi connectivity index (χ0v) is 7.36. The number of ether oxygens (including phenoxy) is 1. The summed E-state index contributed by atoms with van der Waals surface area (Å²) >= 11 is 0. The van der Waals surface area contributed by atoms with Gasteiger partial charge >= 0.3 is 5.97 Å². The zero-order valence-electron chi connectivity index (χ0n) is 7.36. The molecule has 2 N–H and O–H groups in total. The molecule has 1 heterocycles. The van der Waals surface area contributed by atoms with Crippen LogP contribution in [0.3, 0.4) is 0 Å². The largest absolute Gasteiger partial charge is 0.466 e. The predicted molar refractivity (Wildman–Crippen MR) is 46.8 cm³/mol. The lowest BCUT2D eigenvalue weighted by atomic mass is 10.3. The van der Waals surface area contributed by atoms with Crippen LogP contribution in [0.2, 0.25) is 0 Å². The van der Waals surface area contributed by atoms with Crippen LogP contribution in [0.4, 0.5) is 5.82 Å². The molecule has 0 fully saturated rings. The molecule has 0 spiro atoms. The molecular formula is C8H11N3O2. The number of hydrogen-bond acceptors (Lipinski definition) is 5. The van der Waals surface area contributed by atoms with Gasteiger partial charge in [-0.25, -0.2) is 4.98 Å². The van der Waals surface area contributed by atoms with Crippen molar-refractivity contribution >= 4 is 11.8 Å². The Bertz CT molecular complexity index is 284. The summed E-state index contributed by atoms with van der Waals surface area (Å²) in [5, 5.41) is 0. The highest BCUT2D eigenvalue weighted by molar-refractivity contribution is 5.71. The molecule has 0 aliphatic heterocycles. The number of nitrogens with two attached hydrogens (primary N) is 1. The van der Waals surface area contributed by atoms with Crippen molar-refractivity contribution in [1.82, 2.24) is 9.97 Å². The first-order chi connectivity index (χ1) is 6.22. The number of rotatable bonds is 3. The summed E-state index contributed by atoms with van der Waals surface area (Å²) in [7, 11) is 0. The molecule has 0 bridgehead atoms. The van der Waals surface area contributed by atoms with Gasteiger partial charge in [0.15, 0.2) is 0 Å². The third-order valence-corrected chi connectivity index (χ3v) is 1.36. The summed E-state index contributed by atoms with van der Waals surface area (Å²) < 4.78 is 4.74. The van der Waals surface area contributed by atoms with Gasteiger partial charge in [-0.1, -0.05) is 0 Å². The quantitative estimate of drug-likeness (QED) is 0.672. The van der Waals surface area contributed by atoms with Gasteiger partial charge < -0.3 is 10.5 Å². The molecule has 1 aromatic rings. The van der Waals surface area contributed by atoms with Gasteiger partial charge in [0.05, 0.1) is 31.1 Å². The van der Waals surface area contributed by atoms with E-state index in [0.29, 0.717) is 18.1 Å². The summed E-state index contributed by atoms with van der Waals surface area (Å²) in [6, 6.07) is 0. The van der Waals surface area contributed by atoms with Gasteiger partial charge in [0, 0.05) is 0 Å². The number of nitrogen functional groups attached to an aromatic ring is 1. The lowest BCUT2D eigenvalue weighted by molar-refractivity contribution is -0.142. The minimum Gasteiger partial charge on any atom is -0.466 e. The Morgan fingerprint density at radius 2 is 2.31 bits per heavy atom. The van der Waals surface area contributed by atoms with E-state index in [4.69, 9.17) is 10.5 Å². The van der Waals surface area contributed by atoms with Crippen molar-refractivity contribution < 1.29 is 9.53 Å². The molecule has 1 rings (SSSR count). The van der Waals surface area contributed by atoms with Crippen molar-refractivity contribution in [2.45, 2.75) is 13.3 Å². The number of esters is 1. The third-order valence-electron chi connectivity index (χ3n) is 1.36. The minimum absolute atomic E-state index is 0.140. The summed E-state index contributed by atoms with van der Waals surface area (Å²) in [5.41, 5.74) is 5.89. The van der Waals surface area contributed by atoms with Gasteiger partial charge in [-0.3, -0.25) is 9.78 Å². The van der Waals surface area contributed by atoms with Crippen LogP contribution in [0.25, 0.3) is 0 Å². The Morgan fingerprint density at radius 1 is 1.54 bits per heavy atom. The lowest BCUT2D eigenvalue weighted by Gasteiger charge is -2.00. The first-order valence-corrected chi connectivity index (χ1v) is 3.94. The SMILES string of the molecule is CCOC(=O)Cc1cnc(N)cn1. The standard InChI is InChI=1S/C8H11N3O2/c1-2-13-8(12)3-6-4-11-7(9)5-10-6/h4-5H,2-3H2,1H3,(H2,9,11). The van der Waals surface area contributed by atoms with Gasteiger partial charge in [0.1, 0.15) is 5.82 Å². The van der Waals surface area contributed by atoms with E-state index in [0.717, 1.165) is 0 Å². The Balaban J connectivity index is 2.54. The average Bonchev–Trinajstić information content (AvgIpc) is 2.09. The molecule has 0 amide bonds. The molecule has 0 radical (unpaired) electrons. The van der Waals surface area contributed by atoms with Crippen molar-refractivity contribution in [2.75, 3.05) is 12.3 Å². The molecule has 0 saturated carbocycles. The van der Waals surface area contributed by atoms with Crippen LogP contribution >= 0.6 is 0 Å². The van der Waals surface area contributed by atoms with E-state index in [2.05, 4.69) is 9.97 Å². The smallest absolute Gasteiger partial charge is 0.311 e. The molecule has 0 unspecified atom stereocenters. The minimum atomic E-state index is -0.304. The van der Waals surface area contributed by atoms with Crippen LogP contribution in [0.15, 0.2) is 12.4 Å². The normalized spacial score (nSPS) is 9.62. The van der Waals surface area contributed by atoms with Crippen molar-refractivity contribution in [1.29, 1.82) is 0 Å². The number of anilines is 1. The summed E-state index contributed by atoms with van der Waals surface area (Å²) in [5.74, 6) is 0.0363. The maximum atomic E-state index is 11.0. The van der Waals surface area contributed by atoms with E-state index < -0.39 is 0 Å². The second-order valence-corrected chi connectivity index (χ2v) is 2.41. The van der Waals surface area contributed by atoms with Crippen LogP contribution in [0.1, 0.15) is 12.6 Å². The Labute approximate surface area is 75.9 Å². The van der Waals surface area contributed by atoms with Crippen molar-refractivity contribution in [3.63, 3.8) is 0 Å². The number of carbonyl (C=O) groups excluding carboxylic acids is 1. The second kappa shape index (κ2) is 4.39. The predicted octanol–water partition coefficient (Wildman–Crippen LogP) is 0.164. The summed E-state index contributed by atoms with van der Waals surface area (Å²) in [6.07, 6.45) is 3.02. The van der Waals surface area contributed by atoms with E-state index in [9.17, 15) is 4.79 Å². The lowest BCUT2D eigenvalue weighted by Crippen LogP contribution is -2.09. The molecule has 5 heteroatoms. The number of aromatic nitrogens is 2. The van der Waals surface area contributed by atoms with Crippen LogP contribution in [0, 0.1) is 0 Å². The van der Waals surface area contributed by atoms with E-state index in [1.807, 2.05) is 0 Å². The van der Waals surface area contributed by atoms with Crippen LogP contribution in [-0.2, 0) is 16.0 Å². The topological polar surface area (TPSA) is 78.1 Å². The number of nitrogens with zero attached hydrogens (tertiary/aromatic N) is 2. The maximum Gasteiger partial charge on any atom is 0.311 e. The van der Waals surface area contributed by atoms with Crippen molar-refractivity contribution in [2.24, 2.45) is 0 Å². The van der Waals surface area contributed by atoms with E-state index in [-0.39, 0.29) is 12.4 Å². The molecule has 0 aliphatic rings. The highest BCUT2D eigenvalue weighted by atomic mass is 16.5. The van der Waals surface area contributed by atoms with Gasteiger partial charge in [-0.15, -0.1) is 0 Å². The van der Waals surface area contributed by atoms with Gasteiger partial charge in [0.2, 0.25) is 0 Å². The van der Waals surface area contributed by atoms with Crippen LogP contribution < -0.4 is 5.73 Å². The van der Waals surface area contributed by atoms with Crippen molar-refractivity contribution in [3.05, 3.63) is 18.1 Å². The van der Waals surface area contributed by atoms with E-state index in [1.54, 1.807) is 6.92 Å². The van der Waals surface area contributed by atoms with E-state index >= 15 is 0 Å². The molecule has 1 aromatic heterocycles. The van der Waals surface area contributed by atoms with Gasteiger partial charge in [0.25, 0.3) is 0 Å². The van der Waals surface area contributed by atoms with Gasteiger partial charge in [-0.05, 0) is 6.92 Å². The molecule has 13 heavy (non-hydrogen) atoms. The fraction of sp³-hybridized carbons (Fsp3) is 0.375.